The number of fused-ring (bicyclic) bond motifs is 1. The van der Waals surface area contributed by atoms with Crippen molar-refractivity contribution in [2.24, 2.45) is 0 Å². The van der Waals surface area contributed by atoms with Gasteiger partial charge < -0.3 is 14.2 Å². The number of hydrogen-bond donors (Lipinski definition) is 0. The van der Waals surface area contributed by atoms with E-state index in [1.54, 1.807) is 7.11 Å². The number of nitrogens with zero attached hydrogens (tertiary/aromatic N) is 2. The molecule has 27 heavy (non-hydrogen) atoms. The lowest BCUT2D eigenvalue weighted by atomic mass is 9.96. The van der Waals surface area contributed by atoms with Gasteiger partial charge in [-0.25, -0.2) is 0 Å². The number of carbonyl (C=O) groups excluding carboxylic acids is 1. The van der Waals surface area contributed by atoms with Crippen LogP contribution in [0.15, 0.2) is 60.9 Å². The van der Waals surface area contributed by atoms with Crippen LogP contribution in [0.2, 0.25) is 0 Å². The molecule has 1 aromatic heterocycles. The summed E-state index contributed by atoms with van der Waals surface area (Å²) in [6, 6.07) is 16.7. The molecule has 0 spiro atoms. The average Bonchev–Trinajstić information content (AvgIpc) is 3.39. The van der Waals surface area contributed by atoms with Crippen molar-refractivity contribution < 1.29 is 9.53 Å². The van der Waals surface area contributed by atoms with Gasteiger partial charge in [0.05, 0.1) is 13.2 Å². The molecular formula is C23H26N2O2. The minimum atomic E-state index is 0.167. The molecule has 4 rings (SSSR count). The van der Waals surface area contributed by atoms with Gasteiger partial charge in [-0.3, -0.25) is 4.79 Å². The zero-order valence-corrected chi connectivity index (χ0v) is 15.8. The molecule has 1 fully saturated rings. The zero-order chi connectivity index (χ0) is 18.6. The molecule has 1 aliphatic heterocycles. The van der Waals surface area contributed by atoms with Crippen LogP contribution in [0.4, 0.5) is 0 Å². The molecule has 1 amide bonds. The first-order valence-corrected chi connectivity index (χ1v) is 9.74. The van der Waals surface area contributed by atoms with Gasteiger partial charge in [-0.1, -0.05) is 30.3 Å². The van der Waals surface area contributed by atoms with Crippen molar-refractivity contribution in [3.05, 3.63) is 66.5 Å². The summed E-state index contributed by atoms with van der Waals surface area (Å²) in [5.74, 6) is 1.15. The van der Waals surface area contributed by atoms with E-state index in [9.17, 15) is 4.79 Å². The normalized spacial score (nSPS) is 16.8. The molecule has 4 nitrogen and oxygen atoms in total. The zero-order valence-electron chi connectivity index (χ0n) is 15.8. The Balaban J connectivity index is 1.53. The molecular weight excluding hydrogens is 336 g/mol. The third-order valence-corrected chi connectivity index (χ3v) is 5.54. The fourth-order valence-corrected chi connectivity index (χ4v) is 4.23. The second kappa shape index (κ2) is 7.87. The third kappa shape index (κ3) is 3.57. The Hall–Kier alpha value is -2.75. The Morgan fingerprint density at radius 1 is 1.07 bits per heavy atom. The van der Waals surface area contributed by atoms with E-state index >= 15 is 0 Å². The average molecular weight is 362 g/mol. The van der Waals surface area contributed by atoms with Gasteiger partial charge >= 0.3 is 0 Å². The minimum Gasteiger partial charge on any atom is -0.496 e. The standard InChI is InChI=1S/C23H26N2O2/c1-27-22-13-12-19(18-8-2-3-9-20(18)22)21-10-6-17-25(21)23(26)11-7-16-24-14-4-5-15-24/h2-5,8-9,12-15,21H,6-7,10-11,16-17H2,1H3. The Morgan fingerprint density at radius 3 is 2.63 bits per heavy atom. The lowest BCUT2D eigenvalue weighted by Crippen LogP contribution is -2.30. The number of likely N-dealkylation sites (tertiary alicyclic amines) is 1. The molecule has 1 unspecified atom stereocenters. The van der Waals surface area contributed by atoms with Gasteiger partial charge in [0.25, 0.3) is 0 Å². The Kier molecular flexibility index (Phi) is 5.14. The summed E-state index contributed by atoms with van der Waals surface area (Å²) in [5.41, 5.74) is 1.24. The van der Waals surface area contributed by atoms with E-state index in [0.29, 0.717) is 6.42 Å². The van der Waals surface area contributed by atoms with E-state index in [-0.39, 0.29) is 11.9 Å². The predicted octanol–water partition coefficient (Wildman–Crippen LogP) is 4.79. The molecule has 0 N–H and O–H groups in total. The second-order valence-electron chi connectivity index (χ2n) is 7.17. The van der Waals surface area contributed by atoms with E-state index < -0.39 is 0 Å². The molecule has 0 saturated carbocycles. The lowest BCUT2D eigenvalue weighted by Gasteiger charge is -2.26. The quantitative estimate of drug-likeness (QED) is 0.632. The smallest absolute Gasteiger partial charge is 0.223 e. The third-order valence-electron chi connectivity index (χ3n) is 5.54. The molecule has 0 radical (unpaired) electrons. The number of aromatic nitrogens is 1. The van der Waals surface area contributed by atoms with Crippen molar-refractivity contribution in [2.45, 2.75) is 38.3 Å². The maximum Gasteiger partial charge on any atom is 0.223 e. The number of amides is 1. The highest BCUT2D eigenvalue weighted by Gasteiger charge is 2.30. The van der Waals surface area contributed by atoms with E-state index in [4.69, 9.17) is 4.74 Å². The topological polar surface area (TPSA) is 34.5 Å². The van der Waals surface area contributed by atoms with Gasteiger partial charge in [-0.2, -0.15) is 0 Å². The highest BCUT2D eigenvalue weighted by atomic mass is 16.5. The van der Waals surface area contributed by atoms with Gasteiger partial charge in [0.15, 0.2) is 0 Å². The van der Waals surface area contributed by atoms with Gasteiger partial charge in [-0.05, 0) is 48.4 Å². The summed E-state index contributed by atoms with van der Waals surface area (Å²) < 4.78 is 7.66. The number of benzene rings is 2. The molecule has 0 aliphatic carbocycles. The molecule has 140 valence electrons. The maximum atomic E-state index is 12.9. The Bertz CT molecular complexity index is 917. The van der Waals surface area contributed by atoms with E-state index in [0.717, 1.165) is 43.5 Å². The fourth-order valence-electron chi connectivity index (χ4n) is 4.23. The summed E-state index contributed by atoms with van der Waals surface area (Å²) in [6.45, 7) is 1.75. The van der Waals surface area contributed by atoms with E-state index in [1.165, 1.54) is 10.9 Å². The number of aryl methyl sites for hydroxylation is 1. The van der Waals surface area contributed by atoms with Crippen LogP contribution in [0.3, 0.4) is 0 Å². The van der Waals surface area contributed by atoms with Gasteiger partial charge in [0.2, 0.25) is 5.91 Å². The van der Waals surface area contributed by atoms with Crippen molar-refractivity contribution in [1.82, 2.24) is 9.47 Å². The van der Waals surface area contributed by atoms with Crippen LogP contribution in [0, 0.1) is 0 Å². The van der Waals surface area contributed by atoms with E-state index in [1.807, 2.05) is 36.7 Å². The molecule has 3 aromatic rings. The van der Waals surface area contributed by atoms with Crippen LogP contribution in [0.5, 0.6) is 5.75 Å². The first-order chi connectivity index (χ1) is 13.3. The van der Waals surface area contributed by atoms with Crippen molar-refractivity contribution in [3.63, 3.8) is 0 Å². The maximum absolute atomic E-state index is 12.9. The molecule has 0 bridgehead atoms. The molecule has 2 aromatic carbocycles. The summed E-state index contributed by atoms with van der Waals surface area (Å²) in [7, 11) is 1.71. The highest BCUT2D eigenvalue weighted by molar-refractivity contribution is 5.92. The molecule has 1 atom stereocenters. The number of rotatable bonds is 6. The molecule has 1 saturated heterocycles. The Labute approximate surface area is 160 Å². The van der Waals surface area contributed by atoms with Crippen molar-refractivity contribution in [3.8, 4) is 5.75 Å². The van der Waals surface area contributed by atoms with Crippen LogP contribution in [-0.2, 0) is 11.3 Å². The molecule has 4 heteroatoms. The van der Waals surface area contributed by atoms with Crippen molar-refractivity contribution in [1.29, 1.82) is 0 Å². The summed E-state index contributed by atoms with van der Waals surface area (Å²) >= 11 is 0. The Morgan fingerprint density at radius 2 is 1.85 bits per heavy atom. The second-order valence-corrected chi connectivity index (χ2v) is 7.17. The summed E-state index contributed by atoms with van der Waals surface area (Å²) in [4.78, 5) is 15.0. The minimum absolute atomic E-state index is 0.167. The summed E-state index contributed by atoms with van der Waals surface area (Å²) in [5, 5.41) is 2.30. The number of methoxy groups -OCH3 is 1. The number of hydrogen-bond acceptors (Lipinski definition) is 2. The first-order valence-electron chi connectivity index (χ1n) is 9.74. The fraction of sp³-hybridized carbons (Fsp3) is 0.348. The predicted molar refractivity (Wildman–Crippen MR) is 108 cm³/mol. The largest absolute Gasteiger partial charge is 0.496 e. The lowest BCUT2D eigenvalue weighted by molar-refractivity contribution is -0.132. The van der Waals surface area contributed by atoms with Crippen molar-refractivity contribution in [2.75, 3.05) is 13.7 Å². The molecule has 1 aliphatic rings. The monoisotopic (exact) mass is 362 g/mol. The van der Waals surface area contributed by atoms with Gasteiger partial charge in [0.1, 0.15) is 5.75 Å². The number of carbonyl (C=O) groups is 1. The van der Waals surface area contributed by atoms with Crippen LogP contribution in [-0.4, -0.2) is 29.0 Å². The van der Waals surface area contributed by atoms with E-state index in [2.05, 4.69) is 33.7 Å². The highest BCUT2D eigenvalue weighted by Crippen LogP contribution is 2.39. The van der Waals surface area contributed by atoms with Crippen LogP contribution >= 0.6 is 0 Å². The SMILES string of the molecule is COc1ccc(C2CCCN2C(=O)CCCn2cccc2)c2ccccc12. The number of ether oxygens (including phenoxy) is 1. The summed E-state index contributed by atoms with van der Waals surface area (Å²) in [6.07, 6.45) is 7.66. The van der Waals surface area contributed by atoms with Crippen LogP contribution < -0.4 is 4.74 Å². The van der Waals surface area contributed by atoms with Gasteiger partial charge in [-0.15, -0.1) is 0 Å². The van der Waals surface area contributed by atoms with Gasteiger partial charge in [0, 0.05) is 37.3 Å². The van der Waals surface area contributed by atoms with Crippen LogP contribution in [0.1, 0.15) is 37.3 Å². The molecule has 2 heterocycles. The van der Waals surface area contributed by atoms with Crippen molar-refractivity contribution >= 4 is 16.7 Å². The first kappa shape index (κ1) is 17.7. The van der Waals surface area contributed by atoms with Crippen LogP contribution in [0.25, 0.3) is 10.8 Å².